The van der Waals surface area contributed by atoms with Crippen molar-refractivity contribution >= 4 is 27.5 Å². The maximum absolute atomic E-state index is 13.1. The highest BCUT2D eigenvalue weighted by Crippen LogP contribution is 2.37. The largest absolute Gasteiger partial charge is 0.423 e. The topological polar surface area (TPSA) is 80.8 Å². The van der Waals surface area contributed by atoms with E-state index in [1.165, 1.54) is 19.2 Å². The van der Waals surface area contributed by atoms with Gasteiger partial charge in [0.05, 0.1) is 4.90 Å². The van der Waals surface area contributed by atoms with E-state index in [1.807, 2.05) is 6.92 Å². The zero-order chi connectivity index (χ0) is 19.8. The van der Waals surface area contributed by atoms with Gasteiger partial charge in [0.15, 0.2) is 5.76 Å². The summed E-state index contributed by atoms with van der Waals surface area (Å²) in [5, 5.41) is 0. The number of benzene rings is 2. The first-order valence-corrected chi connectivity index (χ1v) is 9.86. The quantitative estimate of drug-likeness (QED) is 0.597. The van der Waals surface area contributed by atoms with Crippen molar-refractivity contribution in [2.75, 3.05) is 7.05 Å². The van der Waals surface area contributed by atoms with E-state index in [4.69, 9.17) is 4.74 Å². The van der Waals surface area contributed by atoms with Gasteiger partial charge >= 0.3 is 5.97 Å². The standard InChI is InChI=1S/C20H19NO5S/c1-4-17(22)26-20-15-7-5-6-8-16(15)27(24,25)21(3)18(20)19(23)14-11-9-13(2)10-12-14/h5-12H,4H2,1-3H3. The van der Waals surface area contributed by atoms with E-state index < -0.39 is 21.8 Å². The summed E-state index contributed by atoms with van der Waals surface area (Å²) in [4.78, 5) is 25.1. The molecule has 2 aromatic rings. The number of fused-ring (bicyclic) bond motifs is 1. The maximum Gasteiger partial charge on any atom is 0.310 e. The van der Waals surface area contributed by atoms with Crippen LogP contribution in [0.5, 0.6) is 0 Å². The van der Waals surface area contributed by atoms with Crippen molar-refractivity contribution in [1.29, 1.82) is 0 Å². The number of esters is 1. The molecule has 0 unspecified atom stereocenters. The van der Waals surface area contributed by atoms with Crippen molar-refractivity contribution in [1.82, 2.24) is 4.31 Å². The molecule has 0 saturated carbocycles. The fraction of sp³-hybridized carbons (Fsp3) is 0.200. The fourth-order valence-electron chi connectivity index (χ4n) is 2.79. The van der Waals surface area contributed by atoms with Gasteiger partial charge < -0.3 is 4.74 Å². The van der Waals surface area contributed by atoms with Crippen LogP contribution in [0.4, 0.5) is 0 Å². The summed E-state index contributed by atoms with van der Waals surface area (Å²) in [7, 11) is -2.66. The van der Waals surface area contributed by atoms with E-state index in [9.17, 15) is 18.0 Å². The average molecular weight is 385 g/mol. The minimum absolute atomic E-state index is 0.00754. The van der Waals surface area contributed by atoms with E-state index in [2.05, 4.69) is 0 Å². The van der Waals surface area contributed by atoms with E-state index >= 15 is 0 Å². The molecule has 2 aromatic carbocycles. The highest BCUT2D eigenvalue weighted by atomic mass is 32.2. The van der Waals surface area contributed by atoms with Crippen LogP contribution in [0.3, 0.4) is 0 Å². The van der Waals surface area contributed by atoms with Crippen LogP contribution < -0.4 is 0 Å². The second-order valence-corrected chi connectivity index (χ2v) is 8.11. The number of ketones is 1. The van der Waals surface area contributed by atoms with E-state index in [0.717, 1.165) is 9.87 Å². The molecular formula is C20H19NO5S. The molecular weight excluding hydrogens is 366 g/mol. The van der Waals surface area contributed by atoms with Crippen LogP contribution in [0.2, 0.25) is 0 Å². The number of carbonyl (C=O) groups excluding carboxylic acids is 2. The number of hydrogen-bond donors (Lipinski definition) is 0. The highest BCUT2D eigenvalue weighted by Gasteiger charge is 2.39. The zero-order valence-electron chi connectivity index (χ0n) is 15.2. The molecule has 1 aliphatic heterocycles. The molecule has 0 N–H and O–H groups in total. The molecule has 3 rings (SSSR count). The van der Waals surface area contributed by atoms with Crippen LogP contribution in [0, 0.1) is 6.92 Å². The number of allylic oxidation sites excluding steroid dienone is 1. The van der Waals surface area contributed by atoms with Crippen molar-refractivity contribution in [2.45, 2.75) is 25.2 Å². The van der Waals surface area contributed by atoms with Gasteiger partial charge in [0.1, 0.15) is 5.70 Å². The summed E-state index contributed by atoms with van der Waals surface area (Å²) in [6.45, 7) is 3.51. The Hall–Kier alpha value is -2.93. The van der Waals surface area contributed by atoms with Gasteiger partial charge in [0.25, 0.3) is 10.0 Å². The molecule has 140 valence electrons. The molecule has 0 radical (unpaired) electrons. The lowest BCUT2D eigenvalue weighted by Crippen LogP contribution is -2.36. The predicted octanol–water partition coefficient (Wildman–Crippen LogP) is 3.13. The normalized spacial score (nSPS) is 15.3. The lowest BCUT2D eigenvalue weighted by atomic mass is 10.0. The first kappa shape index (κ1) is 18.8. The first-order chi connectivity index (χ1) is 12.8. The van der Waals surface area contributed by atoms with Crippen molar-refractivity contribution in [3.63, 3.8) is 0 Å². The van der Waals surface area contributed by atoms with Gasteiger partial charge in [-0.2, -0.15) is 0 Å². The fourth-order valence-corrected chi connectivity index (χ4v) is 4.18. The number of nitrogens with zero attached hydrogens (tertiary/aromatic N) is 1. The van der Waals surface area contributed by atoms with Gasteiger partial charge in [-0.25, -0.2) is 8.42 Å². The Morgan fingerprint density at radius 3 is 2.30 bits per heavy atom. The monoisotopic (exact) mass is 385 g/mol. The number of sulfonamides is 1. The van der Waals surface area contributed by atoms with Crippen molar-refractivity contribution in [3.8, 4) is 0 Å². The third-order valence-electron chi connectivity index (χ3n) is 4.33. The van der Waals surface area contributed by atoms with Crippen LogP contribution in [0.1, 0.15) is 34.8 Å². The summed E-state index contributed by atoms with van der Waals surface area (Å²) < 4.78 is 32.1. The van der Waals surface area contributed by atoms with E-state index in [0.29, 0.717) is 5.56 Å². The molecule has 6 nitrogen and oxygen atoms in total. The Kier molecular flexibility index (Phi) is 4.89. The number of likely N-dealkylation sites (N-methyl/N-ethyl adjacent to an activating group) is 1. The predicted molar refractivity (Wildman–Crippen MR) is 100 cm³/mol. The van der Waals surface area contributed by atoms with Crippen LogP contribution in [-0.4, -0.2) is 31.5 Å². The van der Waals surface area contributed by atoms with Crippen molar-refractivity contribution in [3.05, 3.63) is 70.9 Å². The minimum atomic E-state index is -3.94. The molecule has 0 saturated heterocycles. The smallest absolute Gasteiger partial charge is 0.310 e. The summed E-state index contributed by atoms with van der Waals surface area (Å²) >= 11 is 0. The lowest BCUT2D eigenvalue weighted by molar-refractivity contribution is -0.136. The van der Waals surface area contributed by atoms with E-state index in [-0.39, 0.29) is 28.3 Å². The number of aryl methyl sites for hydroxylation is 1. The molecule has 0 amide bonds. The van der Waals surface area contributed by atoms with Gasteiger partial charge in [0, 0.05) is 24.6 Å². The lowest BCUT2D eigenvalue weighted by Gasteiger charge is -2.30. The van der Waals surface area contributed by atoms with Crippen molar-refractivity contribution in [2.24, 2.45) is 0 Å². The number of rotatable bonds is 4. The molecule has 1 aliphatic rings. The van der Waals surface area contributed by atoms with Crippen molar-refractivity contribution < 1.29 is 22.7 Å². The third-order valence-corrected chi connectivity index (χ3v) is 6.15. The SMILES string of the molecule is CCC(=O)OC1=C(C(=O)c2ccc(C)cc2)N(C)S(=O)(=O)c2ccccc21. The number of Topliss-reactive ketones (excluding diaryl/α,β-unsaturated/α-hetero) is 1. The molecule has 7 heteroatoms. The van der Waals surface area contributed by atoms with E-state index in [1.54, 1.807) is 43.3 Å². The zero-order valence-corrected chi connectivity index (χ0v) is 16.0. The minimum Gasteiger partial charge on any atom is -0.423 e. The van der Waals surface area contributed by atoms with Gasteiger partial charge in [-0.05, 0) is 19.1 Å². The van der Waals surface area contributed by atoms with Gasteiger partial charge in [0.2, 0.25) is 5.78 Å². The Balaban J connectivity index is 2.28. The summed E-state index contributed by atoms with van der Waals surface area (Å²) in [5.41, 5.74) is 1.29. The molecule has 0 aromatic heterocycles. The molecule has 0 spiro atoms. The molecule has 0 fully saturated rings. The number of hydrogen-bond acceptors (Lipinski definition) is 5. The maximum atomic E-state index is 13.1. The van der Waals surface area contributed by atoms with Crippen LogP contribution >= 0.6 is 0 Å². The second kappa shape index (κ2) is 7.00. The van der Waals surface area contributed by atoms with Crippen LogP contribution in [0.25, 0.3) is 5.76 Å². The third kappa shape index (κ3) is 3.26. The molecule has 1 heterocycles. The molecule has 0 bridgehead atoms. The first-order valence-electron chi connectivity index (χ1n) is 8.42. The van der Waals surface area contributed by atoms with Gasteiger partial charge in [-0.15, -0.1) is 0 Å². The summed E-state index contributed by atoms with van der Waals surface area (Å²) in [6.07, 6.45) is 0.0914. The Bertz CT molecular complexity index is 1050. The number of carbonyl (C=O) groups is 2. The van der Waals surface area contributed by atoms with Gasteiger partial charge in [-0.3, -0.25) is 13.9 Å². The second-order valence-electron chi connectivity index (χ2n) is 6.17. The van der Waals surface area contributed by atoms with Crippen LogP contribution in [-0.2, 0) is 19.6 Å². The Morgan fingerprint density at radius 1 is 1.04 bits per heavy atom. The Labute approximate surface area is 158 Å². The highest BCUT2D eigenvalue weighted by molar-refractivity contribution is 7.89. The van der Waals surface area contributed by atoms with Gasteiger partial charge in [-0.1, -0.05) is 48.9 Å². The average Bonchev–Trinajstić information content (AvgIpc) is 2.66. The molecule has 0 aliphatic carbocycles. The summed E-state index contributed by atoms with van der Waals surface area (Å²) in [5.74, 6) is -1.13. The molecule has 27 heavy (non-hydrogen) atoms. The van der Waals surface area contributed by atoms with Crippen LogP contribution in [0.15, 0.2) is 59.1 Å². The Morgan fingerprint density at radius 2 is 1.67 bits per heavy atom. The summed E-state index contributed by atoms with van der Waals surface area (Å²) in [6, 6.07) is 12.9. The molecule has 0 atom stereocenters. The number of ether oxygens (including phenoxy) is 1.